The summed E-state index contributed by atoms with van der Waals surface area (Å²) in [5.74, 6) is -1.15. The molecule has 1 atom stereocenters. The molecule has 0 spiro atoms. The first kappa shape index (κ1) is 27.6. The summed E-state index contributed by atoms with van der Waals surface area (Å²) in [7, 11) is 0. The summed E-state index contributed by atoms with van der Waals surface area (Å²) in [4.78, 5) is 28.6. The van der Waals surface area contributed by atoms with E-state index in [9.17, 15) is 14.3 Å². The fraction of sp³-hybridized carbons (Fsp3) is 0.207. The van der Waals surface area contributed by atoms with E-state index in [1.54, 1.807) is 24.4 Å². The van der Waals surface area contributed by atoms with Gasteiger partial charge in [0.15, 0.2) is 11.5 Å². The van der Waals surface area contributed by atoms with Gasteiger partial charge < -0.3 is 25.2 Å². The summed E-state index contributed by atoms with van der Waals surface area (Å²) in [6.07, 6.45) is 1.79. The first-order valence-corrected chi connectivity index (χ1v) is 12.7. The second kappa shape index (κ2) is 10.9. The molecule has 10 nitrogen and oxygen atoms in total. The third-order valence-electron chi connectivity index (χ3n) is 6.24. The van der Waals surface area contributed by atoms with Crippen molar-refractivity contribution in [1.29, 1.82) is 0 Å². The summed E-state index contributed by atoms with van der Waals surface area (Å²) >= 11 is 0. The highest BCUT2D eigenvalue weighted by atomic mass is 19.1. The zero-order valence-electron chi connectivity index (χ0n) is 22.5. The number of nitrogens with zero attached hydrogens (tertiary/aromatic N) is 4. The van der Waals surface area contributed by atoms with E-state index in [0.717, 1.165) is 0 Å². The standard InChI is InChI=1S/C29H27F2N7O3/c1-5-22(39)34-21-9-8-17(30)13-19(21)24-35-23-18(10-11-32-25(23)36-24)15-6-7-16(20(31)12-15)14-33-26(40)27-37-28(38-41-27)29(2,3)4/h5-13,22,34,39H,1,14H2,2-4H3,(H,33,40)(H,32,35,36). The Kier molecular flexibility index (Phi) is 7.33. The van der Waals surface area contributed by atoms with Gasteiger partial charge in [0.25, 0.3) is 0 Å². The third kappa shape index (κ3) is 5.82. The molecule has 1 amide bonds. The molecule has 0 aliphatic rings. The fourth-order valence-electron chi connectivity index (χ4n) is 4.06. The van der Waals surface area contributed by atoms with E-state index < -0.39 is 23.8 Å². The van der Waals surface area contributed by atoms with Crippen LogP contribution in [0.25, 0.3) is 33.7 Å². The topological polar surface area (TPSA) is 142 Å². The monoisotopic (exact) mass is 559 g/mol. The van der Waals surface area contributed by atoms with E-state index in [2.05, 4.69) is 42.3 Å². The van der Waals surface area contributed by atoms with Crippen molar-refractivity contribution in [3.05, 3.63) is 90.2 Å². The van der Waals surface area contributed by atoms with E-state index in [4.69, 9.17) is 4.52 Å². The van der Waals surface area contributed by atoms with E-state index >= 15 is 4.39 Å². The summed E-state index contributed by atoms with van der Waals surface area (Å²) in [5, 5.41) is 19.2. The van der Waals surface area contributed by atoms with Crippen molar-refractivity contribution in [2.75, 3.05) is 5.32 Å². The number of halogens is 2. The van der Waals surface area contributed by atoms with Crippen LogP contribution in [0.4, 0.5) is 14.5 Å². The number of imidazole rings is 1. The zero-order chi connectivity index (χ0) is 29.3. The van der Waals surface area contributed by atoms with E-state index in [1.165, 1.54) is 30.3 Å². The molecular formula is C29H27F2N7O3. The second-order valence-electron chi connectivity index (χ2n) is 10.3. The lowest BCUT2D eigenvalue weighted by Gasteiger charge is -2.13. The van der Waals surface area contributed by atoms with Crippen LogP contribution in [0.3, 0.4) is 0 Å². The molecule has 0 fully saturated rings. The van der Waals surface area contributed by atoms with Gasteiger partial charge in [-0.3, -0.25) is 4.79 Å². The Labute approximate surface area is 233 Å². The van der Waals surface area contributed by atoms with Crippen LogP contribution in [0.15, 0.2) is 65.8 Å². The summed E-state index contributed by atoms with van der Waals surface area (Å²) < 4.78 is 34.3. The van der Waals surface area contributed by atoms with Crippen LogP contribution in [-0.4, -0.2) is 42.3 Å². The van der Waals surface area contributed by atoms with Gasteiger partial charge in [0.05, 0.1) is 0 Å². The Bertz CT molecular complexity index is 1760. The van der Waals surface area contributed by atoms with Crippen molar-refractivity contribution >= 4 is 22.8 Å². The molecule has 3 aromatic heterocycles. The van der Waals surface area contributed by atoms with Crippen LogP contribution >= 0.6 is 0 Å². The number of fused-ring (bicyclic) bond motifs is 1. The molecule has 210 valence electrons. The maximum Gasteiger partial charge on any atom is 0.315 e. The lowest BCUT2D eigenvalue weighted by molar-refractivity contribution is 0.0906. The van der Waals surface area contributed by atoms with E-state index in [-0.39, 0.29) is 23.4 Å². The molecule has 5 aromatic rings. The lowest BCUT2D eigenvalue weighted by atomic mass is 9.96. The predicted octanol–water partition coefficient (Wildman–Crippen LogP) is 5.10. The van der Waals surface area contributed by atoms with Crippen LogP contribution in [0.5, 0.6) is 0 Å². The number of H-pyrrole nitrogens is 1. The van der Waals surface area contributed by atoms with Crippen molar-refractivity contribution in [1.82, 2.24) is 30.4 Å². The smallest absolute Gasteiger partial charge is 0.315 e. The summed E-state index contributed by atoms with van der Waals surface area (Å²) in [6.45, 7) is 9.11. The molecule has 41 heavy (non-hydrogen) atoms. The maximum atomic E-state index is 15.1. The molecule has 0 radical (unpaired) electrons. The van der Waals surface area contributed by atoms with Gasteiger partial charge in [0.2, 0.25) is 0 Å². The van der Waals surface area contributed by atoms with Crippen molar-refractivity contribution in [3.63, 3.8) is 0 Å². The molecule has 3 heterocycles. The molecule has 0 saturated carbocycles. The minimum Gasteiger partial charge on any atom is -0.370 e. The number of anilines is 1. The molecular weight excluding hydrogens is 532 g/mol. The van der Waals surface area contributed by atoms with Crippen molar-refractivity contribution in [3.8, 4) is 22.5 Å². The van der Waals surface area contributed by atoms with Crippen molar-refractivity contribution < 1.29 is 23.2 Å². The number of carbonyl (C=O) groups excluding carboxylic acids is 1. The molecule has 12 heteroatoms. The molecule has 0 aliphatic carbocycles. The number of nitrogens with one attached hydrogen (secondary N) is 3. The maximum absolute atomic E-state index is 15.1. The number of benzene rings is 2. The number of carbonyl (C=O) groups is 1. The number of aliphatic hydroxyl groups is 1. The van der Waals surface area contributed by atoms with Crippen LogP contribution in [0.1, 0.15) is 42.8 Å². The Morgan fingerprint density at radius 3 is 2.66 bits per heavy atom. The van der Waals surface area contributed by atoms with Gasteiger partial charge in [-0.15, -0.1) is 0 Å². The molecule has 2 aromatic carbocycles. The number of amides is 1. The largest absolute Gasteiger partial charge is 0.370 e. The van der Waals surface area contributed by atoms with E-state index in [0.29, 0.717) is 45.2 Å². The fourth-order valence-corrected chi connectivity index (χ4v) is 4.06. The molecule has 5 rings (SSSR count). The molecule has 0 aliphatic heterocycles. The Balaban J connectivity index is 1.40. The van der Waals surface area contributed by atoms with Gasteiger partial charge >= 0.3 is 11.8 Å². The molecule has 0 bridgehead atoms. The SMILES string of the molecule is C=CC(O)Nc1ccc(F)cc1-c1nc2c(-c3ccc(CNC(=O)c4nc(C(C)(C)C)no4)c(F)c3)ccnc2[nH]1. The van der Waals surface area contributed by atoms with Crippen LogP contribution < -0.4 is 10.6 Å². The quantitative estimate of drug-likeness (QED) is 0.152. The predicted molar refractivity (Wildman–Crippen MR) is 149 cm³/mol. The number of rotatable bonds is 8. The number of hydrogen-bond donors (Lipinski definition) is 4. The minimum atomic E-state index is -1.06. The Morgan fingerprint density at radius 1 is 1.15 bits per heavy atom. The highest BCUT2D eigenvalue weighted by molar-refractivity contribution is 5.92. The first-order chi connectivity index (χ1) is 19.5. The Hall–Kier alpha value is -4.97. The molecule has 4 N–H and O–H groups in total. The third-order valence-corrected chi connectivity index (χ3v) is 6.24. The highest BCUT2D eigenvalue weighted by Crippen LogP contribution is 2.33. The summed E-state index contributed by atoms with van der Waals surface area (Å²) in [6, 6.07) is 10.3. The Morgan fingerprint density at radius 2 is 1.95 bits per heavy atom. The van der Waals surface area contributed by atoms with Crippen LogP contribution in [0.2, 0.25) is 0 Å². The lowest BCUT2D eigenvalue weighted by Crippen LogP contribution is -2.24. The van der Waals surface area contributed by atoms with Crippen molar-refractivity contribution in [2.24, 2.45) is 0 Å². The first-order valence-electron chi connectivity index (χ1n) is 12.7. The molecule has 1 unspecified atom stereocenters. The highest BCUT2D eigenvalue weighted by Gasteiger charge is 2.24. The van der Waals surface area contributed by atoms with Gasteiger partial charge in [0.1, 0.15) is 29.2 Å². The molecule has 0 saturated heterocycles. The van der Waals surface area contributed by atoms with Crippen LogP contribution in [-0.2, 0) is 12.0 Å². The normalized spacial score (nSPS) is 12.3. The van der Waals surface area contributed by atoms with Crippen LogP contribution in [0, 0.1) is 11.6 Å². The minimum absolute atomic E-state index is 0.0948. The van der Waals surface area contributed by atoms with E-state index in [1.807, 2.05) is 20.8 Å². The average Bonchev–Trinajstić information content (AvgIpc) is 3.61. The van der Waals surface area contributed by atoms with Crippen molar-refractivity contribution in [2.45, 2.75) is 39.0 Å². The van der Waals surface area contributed by atoms with Gasteiger partial charge in [-0.25, -0.2) is 18.7 Å². The van der Waals surface area contributed by atoms with Gasteiger partial charge in [-0.05, 0) is 42.0 Å². The van der Waals surface area contributed by atoms with Gasteiger partial charge in [-0.2, -0.15) is 4.98 Å². The number of hydrogen-bond acceptors (Lipinski definition) is 8. The summed E-state index contributed by atoms with van der Waals surface area (Å²) in [5.41, 5.74) is 2.61. The average molecular weight is 560 g/mol. The number of aliphatic hydroxyl groups excluding tert-OH is 1. The number of aromatic amines is 1. The zero-order valence-corrected chi connectivity index (χ0v) is 22.5. The number of aromatic nitrogens is 5. The second-order valence-corrected chi connectivity index (χ2v) is 10.3. The number of pyridine rings is 1. The van der Waals surface area contributed by atoms with Gasteiger partial charge in [-0.1, -0.05) is 44.6 Å². The van der Waals surface area contributed by atoms with Gasteiger partial charge in [0, 0.05) is 40.5 Å².